The predicted molar refractivity (Wildman–Crippen MR) is 131 cm³/mol. The standard InChI is InChI=1S/C26H29ClFN3O3/c1-18(2)11-12-31(25(32)19-7-9-20(27)10-8-19)17-22-24(21-5-3-4-6-23(21)28)29-34-26(22)30-13-15-33-16-14-30/h3-10,18H,11-17H2,1-2H3. The normalized spacial score (nSPS) is 14.0. The van der Waals surface area contributed by atoms with Crippen molar-refractivity contribution in [2.75, 3.05) is 37.7 Å². The zero-order chi connectivity index (χ0) is 24.1. The Labute approximate surface area is 204 Å². The quantitative estimate of drug-likeness (QED) is 0.412. The summed E-state index contributed by atoms with van der Waals surface area (Å²) in [5.41, 5.74) is 2.00. The van der Waals surface area contributed by atoms with Crippen molar-refractivity contribution in [3.63, 3.8) is 0 Å². The van der Waals surface area contributed by atoms with Gasteiger partial charge in [-0.15, -0.1) is 0 Å². The van der Waals surface area contributed by atoms with Crippen molar-refractivity contribution in [3.8, 4) is 11.3 Å². The van der Waals surface area contributed by atoms with Crippen LogP contribution in [-0.4, -0.2) is 48.8 Å². The number of halogens is 2. The number of ether oxygens (including phenoxy) is 1. The van der Waals surface area contributed by atoms with Crippen LogP contribution in [0.2, 0.25) is 5.02 Å². The van der Waals surface area contributed by atoms with E-state index in [1.54, 1.807) is 47.4 Å². The van der Waals surface area contributed by atoms with Crippen molar-refractivity contribution in [1.82, 2.24) is 10.1 Å². The van der Waals surface area contributed by atoms with Crippen LogP contribution in [0.15, 0.2) is 53.1 Å². The Morgan fingerprint density at radius 1 is 1.15 bits per heavy atom. The van der Waals surface area contributed by atoms with E-state index in [1.165, 1.54) is 6.07 Å². The molecular weight excluding hydrogens is 457 g/mol. The summed E-state index contributed by atoms with van der Waals surface area (Å²) >= 11 is 6.03. The van der Waals surface area contributed by atoms with Crippen molar-refractivity contribution in [1.29, 1.82) is 0 Å². The summed E-state index contributed by atoms with van der Waals surface area (Å²) in [6.45, 7) is 7.43. The summed E-state index contributed by atoms with van der Waals surface area (Å²) in [6, 6.07) is 13.3. The van der Waals surface area contributed by atoms with Crippen LogP contribution in [-0.2, 0) is 11.3 Å². The van der Waals surface area contributed by atoms with Gasteiger partial charge in [-0.25, -0.2) is 4.39 Å². The maximum atomic E-state index is 14.8. The molecule has 2 aromatic carbocycles. The molecule has 1 amide bonds. The van der Waals surface area contributed by atoms with Crippen LogP contribution in [0.1, 0.15) is 36.2 Å². The Bertz CT molecular complexity index is 1110. The van der Waals surface area contributed by atoms with Crippen molar-refractivity contribution in [3.05, 3.63) is 70.5 Å². The molecule has 0 aliphatic carbocycles. The lowest BCUT2D eigenvalue weighted by atomic mass is 10.0. The first-order valence-corrected chi connectivity index (χ1v) is 11.9. The highest BCUT2D eigenvalue weighted by Crippen LogP contribution is 2.34. The molecule has 0 unspecified atom stereocenters. The lowest BCUT2D eigenvalue weighted by molar-refractivity contribution is 0.0735. The second-order valence-electron chi connectivity index (χ2n) is 8.81. The highest BCUT2D eigenvalue weighted by atomic mass is 35.5. The predicted octanol–water partition coefficient (Wildman–Crippen LogP) is 5.66. The van der Waals surface area contributed by atoms with E-state index in [9.17, 15) is 9.18 Å². The molecule has 1 saturated heterocycles. The zero-order valence-corrected chi connectivity index (χ0v) is 20.2. The Morgan fingerprint density at radius 2 is 1.85 bits per heavy atom. The van der Waals surface area contributed by atoms with Crippen LogP contribution in [0.25, 0.3) is 11.3 Å². The van der Waals surface area contributed by atoms with E-state index < -0.39 is 0 Å². The van der Waals surface area contributed by atoms with Gasteiger partial charge in [-0.05, 0) is 48.7 Å². The number of rotatable bonds is 8. The molecule has 0 N–H and O–H groups in total. The van der Waals surface area contributed by atoms with Crippen molar-refractivity contribution in [2.24, 2.45) is 5.92 Å². The third-order valence-electron chi connectivity index (χ3n) is 5.90. The first-order valence-electron chi connectivity index (χ1n) is 11.5. The van der Waals surface area contributed by atoms with E-state index in [0.29, 0.717) is 72.1 Å². The average molecular weight is 486 g/mol. The van der Waals surface area contributed by atoms with Crippen LogP contribution < -0.4 is 4.90 Å². The van der Waals surface area contributed by atoms with E-state index in [1.807, 2.05) is 4.90 Å². The van der Waals surface area contributed by atoms with Gasteiger partial charge in [-0.1, -0.05) is 42.7 Å². The lowest BCUT2D eigenvalue weighted by Crippen LogP contribution is -2.37. The minimum absolute atomic E-state index is 0.120. The minimum atomic E-state index is -0.386. The monoisotopic (exact) mass is 485 g/mol. The van der Waals surface area contributed by atoms with Gasteiger partial charge < -0.3 is 19.1 Å². The van der Waals surface area contributed by atoms with Gasteiger partial charge in [0.15, 0.2) is 0 Å². The Kier molecular flexibility index (Phi) is 7.85. The fraction of sp³-hybridized carbons (Fsp3) is 0.385. The molecule has 0 atom stereocenters. The SMILES string of the molecule is CC(C)CCN(Cc1c(-c2ccccc2F)noc1N1CCOCC1)C(=O)c1ccc(Cl)cc1. The van der Waals surface area contributed by atoms with Gasteiger partial charge in [-0.3, -0.25) is 4.79 Å². The summed E-state index contributed by atoms with van der Waals surface area (Å²) in [7, 11) is 0. The van der Waals surface area contributed by atoms with Crippen molar-refractivity contribution in [2.45, 2.75) is 26.8 Å². The van der Waals surface area contributed by atoms with Gasteiger partial charge in [0, 0.05) is 35.8 Å². The number of benzene rings is 2. The third kappa shape index (κ3) is 5.59. The second-order valence-corrected chi connectivity index (χ2v) is 9.25. The highest BCUT2D eigenvalue weighted by Gasteiger charge is 2.28. The first kappa shape index (κ1) is 24.2. The molecule has 0 bridgehead atoms. The number of carbonyl (C=O) groups excluding carboxylic acids is 1. The van der Waals surface area contributed by atoms with Gasteiger partial charge in [-0.2, -0.15) is 0 Å². The smallest absolute Gasteiger partial charge is 0.254 e. The number of anilines is 1. The maximum absolute atomic E-state index is 14.8. The van der Waals surface area contributed by atoms with Crippen LogP contribution >= 0.6 is 11.6 Å². The lowest BCUT2D eigenvalue weighted by Gasteiger charge is -2.29. The zero-order valence-electron chi connectivity index (χ0n) is 19.5. The Morgan fingerprint density at radius 3 is 2.53 bits per heavy atom. The largest absolute Gasteiger partial charge is 0.378 e. The number of hydrogen-bond acceptors (Lipinski definition) is 5. The van der Waals surface area contributed by atoms with Gasteiger partial charge >= 0.3 is 0 Å². The van der Waals surface area contributed by atoms with Gasteiger partial charge in [0.2, 0.25) is 5.88 Å². The van der Waals surface area contributed by atoms with Crippen LogP contribution in [0.3, 0.4) is 0 Å². The van der Waals surface area contributed by atoms with Crippen LogP contribution in [0, 0.1) is 11.7 Å². The average Bonchev–Trinajstić information content (AvgIpc) is 3.25. The van der Waals surface area contributed by atoms with E-state index >= 15 is 0 Å². The number of amides is 1. The number of aromatic nitrogens is 1. The molecule has 1 aromatic heterocycles. The van der Waals surface area contributed by atoms with Crippen molar-refractivity contribution >= 4 is 23.4 Å². The topological polar surface area (TPSA) is 58.8 Å². The third-order valence-corrected chi connectivity index (χ3v) is 6.15. The molecule has 1 aliphatic rings. The summed E-state index contributed by atoms with van der Waals surface area (Å²) < 4.78 is 26.0. The summed E-state index contributed by atoms with van der Waals surface area (Å²) in [6.07, 6.45) is 0.826. The molecule has 8 heteroatoms. The minimum Gasteiger partial charge on any atom is -0.378 e. The fourth-order valence-corrected chi connectivity index (χ4v) is 4.08. The molecular formula is C26H29ClFN3O3. The van der Waals surface area contributed by atoms with Crippen LogP contribution in [0.5, 0.6) is 0 Å². The number of nitrogens with zero attached hydrogens (tertiary/aromatic N) is 3. The number of morpholine rings is 1. The fourth-order valence-electron chi connectivity index (χ4n) is 3.96. The molecule has 2 heterocycles. The van der Waals surface area contributed by atoms with Gasteiger partial charge in [0.25, 0.3) is 5.91 Å². The molecule has 34 heavy (non-hydrogen) atoms. The number of carbonyl (C=O) groups is 1. The maximum Gasteiger partial charge on any atom is 0.254 e. The van der Waals surface area contributed by atoms with Gasteiger partial charge in [0.05, 0.1) is 25.3 Å². The first-order chi connectivity index (χ1) is 16.4. The molecule has 0 saturated carbocycles. The molecule has 6 nitrogen and oxygen atoms in total. The second kappa shape index (κ2) is 11.0. The van der Waals surface area contributed by atoms with E-state index in [2.05, 4.69) is 19.0 Å². The molecule has 180 valence electrons. The van der Waals surface area contributed by atoms with E-state index in [0.717, 1.165) is 6.42 Å². The number of hydrogen-bond donors (Lipinski definition) is 0. The summed E-state index contributed by atoms with van der Waals surface area (Å²) in [5.74, 6) is 0.460. The summed E-state index contributed by atoms with van der Waals surface area (Å²) in [4.78, 5) is 17.3. The van der Waals surface area contributed by atoms with Gasteiger partial charge in [0.1, 0.15) is 11.5 Å². The Balaban J connectivity index is 1.73. The van der Waals surface area contributed by atoms with Crippen molar-refractivity contribution < 1.29 is 18.4 Å². The Hall–Kier alpha value is -2.90. The molecule has 4 rings (SSSR count). The molecule has 1 fully saturated rings. The van der Waals surface area contributed by atoms with E-state index in [4.69, 9.17) is 20.9 Å². The molecule has 1 aliphatic heterocycles. The van der Waals surface area contributed by atoms with Crippen LogP contribution in [0.4, 0.5) is 10.3 Å². The molecule has 3 aromatic rings. The molecule has 0 radical (unpaired) electrons. The van der Waals surface area contributed by atoms with E-state index in [-0.39, 0.29) is 18.3 Å². The highest BCUT2D eigenvalue weighted by molar-refractivity contribution is 6.30. The molecule has 0 spiro atoms. The summed E-state index contributed by atoms with van der Waals surface area (Å²) in [5, 5.41) is 4.83.